The monoisotopic (exact) mass is 901 g/mol. The zero-order valence-electron chi connectivity index (χ0n) is 37.8. The Morgan fingerprint density at radius 3 is 1.98 bits per heavy atom. The predicted molar refractivity (Wildman–Crippen MR) is 219 cm³/mol. The molecule has 9 rings (SSSR count). The molecule has 17 nitrogen and oxygen atoms in total. The van der Waals surface area contributed by atoms with E-state index in [0.717, 1.165) is 58.0 Å². The molecule has 4 saturated carbocycles. The van der Waals surface area contributed by atoms with Crippen LogP contribution in [0.1, 0.15) is 106 Å². The third kappa shape index (κ3) is 7.62. The summed E-state index contributed by atoms with van der Waals surface area (Å²) in [5.74, 6) is 2.79. The lowest BCUT2D eigenvalue weighted by Gasteiger charge is -2.65. The number of fused-ring (bicyclic) bond motifs is 7. The van der Waals surface area contributed by atoms with Crippen LogP contribution in [0, 0.1) is 51.8 Å². The average Bonchev–Trinajstić information content (AvgIpc) is 3.70. The molecule has 4 aliphatic carbocycles. The normalized spacial score (nSPS) is 59.4. The smallest absolute Gasteiger partial charge is 0.187 e. The summed E-state index contributed by atoms with van der Waals surface area (Å²) < 4.78 is 49.6. The third-order valence-corrected chi connectivity index (χ3v) is 19.0. The van der Waals surface area contributed by atoms with Crippen LogP contribution in [0.3, 0.4) is 0 Å². The van der Waals surface area contributed by atoms with Gasteiger partial charge in [0.15, 0.2) is 24.7 Å². The van der Waals surface area contributed by atoms with Gasteiger partial charge in [-0.1, -0.05) is 34.6 Å². The van der Waals surface area contributed by atoms with Crippen molar-refractivity contribution < 1.29 is 83.9 Å². The van der Waals surface area contributed by atoms with Crippen LogP contribution in [0.4, 0.5) is 0 Å². The van der Waals surface area contributed by atoms with E-state index < -0.39 is 111 Å². The van der Waals surface area contributed by atoms with Crippen molar-refractivity contribution in [1.82, 2.24) is 0 Å². The van der Waals surface area contributed by atoms with E-state index in [4.69, 9.17) is 37.9 Å². The fourth-order valence-corrected chi connectivity index (χ4v) is 15.0. The van der Waals surface area contributed by atoms with E-state index in [-0.39, 0.29) is 28.5 Å². The Morgan fingerprint density at radius 2 is 1.29 bits per heavy atom. The molecule has 0 radical (unpaired) electrons. The molecule has 9 fully saturated rings. The van der Waals surface area contributed by atoms with Gasteiger partial charge in [-0.2, -0.15) is 0 Å². The van der Waals surface area contributed by atoms with E-state index in [0.29, 0.717) is 35.5 Å². The molecule has 1 spiro atoms. The Morgan fingerprint density at radius 1 is 0.603 bits per heavy atom. The van der Waals surface area contributed by atoms with Crippen molar-refractivity contribution in [2.75, 3.05) is 19.8 Å². The second-order valence-corrected chi connectivity index (χ2v) is 22.2. The molecule has 5 saturated heterocycles. The summed E-state index contributed by atoms with van der Waals surface area (Å²) in [6.45, 7) is 12.9. The van der Waals surface area contributed by atoms with Crippen LogP contribution in [0.25, 0.3) is 0 Å². The van der Waals surface area contributed by atoms with Gasteiger partial charge in [-0.05, 0) is 111 Å². The summed E-state index contributed by atoms with van der Waals surface area (Å²) >= 11 is 0. The van der Waals surface area contributed by atoms with Crippen molar-refractivity contribution in [3.63, 3.8) is 0 Å². The lowest BCUT2D eigenvalue weighted by Crippen LogP contribution is -2.67. The molecule has 0 aromatic rings. The van der Waals surface area contributed by atoms with E-state index in [1.165, 1.54) is 19.8 Å². The zero-order valence-corrected chi connectivity index (χ0v) is 37.8. The van der Waals surface area contributed by atoms with Gasteiger partial charge in [0.1, 0.15) is 67.1 Å². The first-order valence-corrected chi connectivity index (χ1v) is 24.0. The van der Waals surface area contributed by atoms with Crippen LogP contribution in [0.15, 0.2) is 0 Å². The Balaban J connectivity index is 0.876. The van der Waals surface area contributed by atoms with Gasteiger partial charge < -0.3 is 83.9 Å². The van der Waals surface area contributed by atoms with Crippen molar-refractivity contribution in [3.8, 4) is 0 Å². The largest absolute Gasteiger partial charge is 0.394 e. The van der Waals surface area contributed by atoms with Crippen LogP contribution >= 0.6 is 0 Å². The maximum absolute atomic E-state index is 11.8. The number of ether oxygens (including phenoxy) is 8. The van der Waals surface area contributed by atoms with Crippen LogP contribution in [0.5, 0.6) is 0 Å². The standard InChI is InChI=1S/C46H76O17/c1-20-7-14-46(56-19-20)21(2)30-27(63-46)15-26-24-9-11-43(4)16-23(8-13-45(43,6)25(24)10-12-44(26,30)5)58-41-37(55)38(33(51)29(18-48)59-41)61-42-39(35(53)32(50)28(17-47)60-42)62-40-36(54)34(52)31(49)22(3)57-40/h20-42,47-55H,7-19H2,1-6H3. The van der Waals surface area contributed by atoms with Crippen LogP contribution in [-0.2, 0) is 37.9 Å². The Hall–Kier alpha value is -0.680. The molecule has 0 aromatic carbocycles. The molecule has 362 valence electrons. The van der Waals surface area contributed by atoms with Gasteiger partial charge >= 0.3 is 0 Å². The summed E-state index contributed by atoms with van der Waals surface area (Å²) in [5.41, 5.74) is 0.221. The lowest BCUT2D eigenvalue weighted by molar-refractivity contribution is -0.390. The molecule has 17 heteroatoms. The number of aliphatic hydroxyl groups is 9. The first kappa shape index (κ1) is 47.4. The molecule has 9 N–H and O–H groups in total. The number of rotatable bonds is 8. The summed E-state index contributed by atoms with van der Waals surface area (Å²) in [4.78, 5) is 0. The summed E-state index contributed by atoms with van der Waals surface area (Å²) in [6, 6.07) is 0. The molecule has 0 amide bonds. The van der Waals surface area contributed by atoms with Crippen molar-refractivity contribution in [3.05, 3.63) is 0 Å². The third-order valence-electron chi connectivity index (χ3n) is 19.0. The minimum atomic E-state index is -1.81. The number of hydrogen-bond donors (Lipinski definition) is 9. The van der Waals surface area contributed by atoms with Crippen LogP contribution in [0.2, 0.25) is 0 Å². The topological polar surface area (TPSA) is 256 Å². The second-order valence-electron chi connectivity index (χ2n) is 22.2. The average molecular weight is 901 g/mol. The highest BCUT2D eigenvalue weighted by atomic mass is 16.8. The molecular formula is C46H76O17. The van der Waals surface area contributed by atoms with E-state index in [1.807, 2.05) is 0 Å². The van der Waals surface area contributed by atoms with Crippen LogP contribution in [-0.4, -0.2) is 176 Å². The first-order chi connectivity index (χ1) is 29.8. The Labute approximate surface area is 370 Å². The highest BCUT2D eigenvalue weighted by molar-refractivity contribution is 5.17. The number of aliphatic hydroxyl groups excluding tert-OH is 9. The van der Waals surface area contributed by atoms with Gasteiger partial charge in [0.05, 0.1) is 38.1 Å². The van der Waals surface area contributed by atoms with Gasteiger partial charge in [-0.3, -0.25) is 0 Å². The van der Waals surface area contributed by atoms with Crippen molar-refractivity contribution in [1.29, 1.82) is 0 Å². The molecule has 27 unspecified atom stereocenters. The molecular weight excluding hydrogens is 824 g/mol. The van der Waals surface area contributed by atoms with Gasteiger partial charge in [0, 0.05) is 12.3 Å². The zero-order chi connectivity index (χ0) is 45.1. The molecule has 0 aromatic heterocycles. The van der Waals surface area contributed by atoms with Gasteiger partial charge in [-0.15, -0.1) is 0 Å². The quantitative estimate of drug-likeness (QED) is 0.152. The van der Waals surface area contributed by atoms with Crippen LogP contribution < -0.4 is 0 Å². The highest BCUT2D eigenvalue weighted by Gasteiger charge is 2.70. The van der Waals surface area contributed by atoms with Crippen molar-refractivity contribution in [2.45, 2.75) is 216 Å². The minimum Gasteiger partial charge on any atom is -0.394 e. The van der Waals surface area contributed by atoms with Gasteiger partial charge in [0.2, 0.25) is 0 Å². The fraction of sp³-hybridized carbons (Fsp3) is 1.00. The SMILES string of the molecule is CC1CCC2(OC1)OC1CC3C4CCC5(C)CC(OC6OC(CO)C(O)C(OC7OC(CO)C(O)C(O)C7OC7OC(C)C(O)C(O)C7O)C6O)CCC5(C)C4CCC3(C)C1C2C. The van der Waals surface area contributed by atoms with Crippen molar-refractivity contribution in [2.24, 2.45) is 51.8 Å². The molecule has 5 heterocycles. The van der Waals surface area contributed by atoms with E-state index in [1.54, 1.807) is 0 Å². The first-order valence-electron chi connectivity index (χ1n) is 24.0. The fourth-order valence-electron chi connectivity index (χ4n) is 15.0. The van der Waals surface area contributed by atoms with Gasteiger partial charge in [0.25, 0.3) is 0 Å². The lowest BCUT2D eigenvalue weighted by atomic mass is 9.40. The maximum Gasteiger partial charge on any atom is 0.187 e. The number of hydrogen-bond acceptors (Lipinski definition) is 17. The maximum atomic E-state index is 11.8. The Bertz CT molecular complexity index is 1600. The summed E-state index contributed by atoms with van der Waals surface area (Å²) in [6.07, 6.45) is -13.1. The van der Waals surface area contributed by atoms with E-state index >= 15 is 0 Å². The van der Waals surface area contributed by atoms with Crippen molar-refractivity contribution >= 4 is 0 Å². The highest BCUT2D eigenvalue weighted by Crippen LogP contribution is 2.73. The van der Waals surface area contributed by atoms with E-state index in [9.17, 15) is 46.0 Å². The van der Waals surface area contributed by atoms with Gasteiger partial charge in [-0.25, -0.2) is 0 Å². The second kappa shape index (κ2) is 17.4. The summed E-state index contributed by atoms with van der Waals surface area (Å²) in [5, 5.41) is 96.8. The molecule has 9 aliphatic rings. The predicted octanol–water partition coefficient (Wildman–Crippen LogP) is 0.684. The molecule has 27 atom stereocenters. The molecule has 5 aliphatic heterocycles. The van der Waals surface area contributed by atoms with E-state index in [2.05, 4.69) is 34.6 Å². The summed E-state index contributed by atoms with van der Waals surface area (Å²) in [7, 11) is 0. The Kier molecular flexibility index (Phi) is 13.1. The minimum absolute atomic E-state index is 0.0607. The molecule has 0 bridgehead atoms. The molecule has 63 heavy (non-hydrogen) atoms.